The van der Waals surface area contributed by atoms with E-state index >= 15 is 0 Å². The second-order valence-electron chi connectivity index (χ2n) is 4.45. The molecule has 0 saturated heterocycles. The lowest BCUT2D eigenvalue weighted by molar-refractivity contribution is -0.137. The quantitative estimate of drug-likeness (QED) is 0.815. The Bertz CT molecular complexity index is 753. The van der Waals surface area contributed by atoms with Crippen LogP contribution >= 0.6 is 0 Å². The van der Waals surface area contributed by atoms with Gasteiger partial charge in [-0.1, -0.05) is 12.1 Å². The van der Waals surface area contributed by atoms with Crippen molar-refractivity contribution < 1.29 is 22.7 Å². The monoisotopic (exact) mass is 312 g/mol. The van der Waals surface area contributed by atoms with Crippen LogP contribution in [0.4, 0.5) is 13.2 Å². The molecule has 5 nitrogen and oxygen atoms in total. The van der Waals surface area contributed by atoms with E-state index in [1.807, 2.05) is 0 Å². The highest BCUT2D eigenvalue weighted by Gasteiger charge is 2.30. The molecule has 0 saturated carbocycles. The maximum atomic E-state index is 12.6. The topological polar surface area (TPSA) is 61.2 Å². The molecule has 0 amide bonds. The van der Waals surface area contributed by atoms with Crippen molar-refractivity contribution in [2.24, 2.45) is 7.05 Å². The highest BCUT2D eigenvalue weighted by Crippen LogP contribution is 2.29. The van der Waals surface area contributed by atoms with Gasteiger partial charge in [-0.2, -0.15) is 18.3 Å². The predicted octanol–water partition coefficient (Wildman–Crippen LogP) is 2.16. The lowest BCUT2D eigenvalue weighted by Gasteiger charge is -2.09. The van der Waals surface area contributed by atoms with E-state index in [4.69, 9.17) is 4.74 Å². The summed E-state index contributed by atoms with van der Waals surface area (Å²) in [6.07, 6.45) is -4.46. The Kier molecular flexibility index (Phi) is 4.30. The van der Waals surface area contributed by atoms with Crippen molar-refractivity contribution >= 4 is 5.97 Å². The minimum absolute atomic E-state index is 0.103. The lowest BCUT2D eigenvalue weighted by atomic mass is 10.1. The molecule has 0 aliphatic heterocycles. The Morgan fingerprint density at radius 3 is 2.64 bits per heavy atom. The van der Waals surface area contributed by atoms with Crippen LogP contribution in [0.15, 0.2) is 41.2 Å². The van der Waals surface area contributed by atoms with E-state index in [1.54, 1.807) is 0 Å². The summed E-state index contributed by atoms with van der Waals surface area (Å²) in [5.41, 5.74) is -1.11. The molecule has 8 heteroatoms. The molecule has 0 spiro atoms. The molecule has 0 aliphatic rings. The fraction of sp³-hybridized carbons (Fsp3) is 0.214. The Labute approximate surface area is 122 Å². The first-order valence-corrected chi connectivity index (χ1v) is 6.15. The number of hydrogen-bond acceptors (Lipinski definition) is 4. The van der Waals surface area contributed by atoms with Gasteiger partial charge in [-0.3, -0.25) is 4.79 Å². The van der Waals surface area contributed by atoms with Gasteiger partial charge in [0.15, 0.2) is 5.69 Å². The van der Waals surface area contributed by atoms with E-state index in [9.17, 15) is 22.8 Å². The lowest BCUT2D eigenvalue weighted by Crippen LogP contribution is -2.21. The number of esters is 1. The van der Waals surface area contributed by atoms with Gasteiger partial charge in [-0.05, 0) is 23.8 Å². The number of nitrogens with zero attached hydrogens (tertiary/aromatic N) is 2. The van der Waals surface area contributed by atoms with Gasteiger partial charge < -0.3 is 4.74 Å². The van der Waals surface area contributed by atoms with Crippen LogP contribution in [0.1, 0.15) is 21.6 Å². The Morgan fingerprint density at radius 1 is 1.27 bits per heavy atom. The molecule has 0 bridgehead atoms. The van der Waals surface area contributed by atoms with Gasteiger partial charge >= 0.3 is 12.1 Å². The molecule has 0 aliphatic carbocycles. The largest absolute Gasteiger partial charge is 0.456 e. The number of hydrogen-bond donors (Lipinski definition) is 0. The fourth-order valence-corrected chi connectivity index (χ4v) is 1.67. The van der Waals surface area contributed by atoms with Gasteiger partial charge in [0.25, 0.3) is 5.56 Å². The van der Waals surface area contributed by atoms with Crippen LogP contribution in [-0.4, -0.2) is 15.7 Å². The molecule has 0 atom stereocenters. The molecule has 0 unspecified atom stereocenters. The van der Waals surface area contributed by atoms with Crippen LogP contribution < -0.4 is 5.56 Å². The Morgan fingerprint density at radius 2 is 2.00 bits per heavy atom. The van der Waals surface area contributed by atoms with E-state index in [-0.39, 0.29) is 17.9 Å². The highest BCUT2D eigenvalue weighted by molar-refractivity contribution is 5.86. The first-order chi connectivity index (χ1) is 10.3. The molecular weight excluding hydrogens is 301 g/mol. The van der Waals surface area contributed by atoms with Crippen LogP contribution in [0, 0.1) is 0 Å². The number of ether oxygens (including phenoxy) is 1. The molecular formula is C14H11F3N2O3. The molecule has 116 valence electrons. The molecule has 0 N–H and O–H groups in total. The molecule has 2 aromatic rings. The molecule has 1 aromatic carbocycles. The fourth-order valence-electron chi connectivity index (χ4n) is 1.67. The number of halogens is 3. The number of benzene rings is 1. The third kappa shape index (κ3) is 3.72. The normalized spacial score (nSPS) is 11.3. The van der Waals surface area contributed by atoms with E-state index in [1.165, 1.54) is 25.2 Å². The van der Waals surface area contributed by atoms with Gasteiger partial charge in [-0.15, -0.1) is 0 Å². The number of aryl methyl sites for hydroxylation is 1. The Balaban J connectivity index is 2.08. The third-order valence-corrected chi connectivity index (χ3v) is 2.79. The molecule has 22 heavy (non-hydrogen) atoms. The van der Waals surface area contributed by atoms with Crippen molar-refractivity contribution in [2.75, 3.05) is 0 Å². The van der Waals surface area contributed by atoms with Crippen molar-refractivity contribution in [1.29, 1.82) is 0 Å². The van der Waals surface area contributed by atoms with Crippen molar-refractivity contribution in [2.45, 2.75) is 12.8 Å². The van der Waals surface area contributed by atoms with Crippen LogP contribution in [0.25, 0.3) is 0 Å². The van der Waals surface area contributed by atoms with E-state index in [2.05, 4.69) is 5.10 Å². The van der Waals surface area contributed by atoms with Gasteiger partial charge in [0.1, 0.15) is 6.61 Å². The summed E-state index contributed by atoms with van der Waals surface area (Å²) in [5.74, 6) is -0.826. The molecule has 0 radical (unpaired) electrons. The summed E-state index contributed by atoms with van der Waals surface area (Å²) in [6, 6.07) is 6.82. The predicted molar refractivity (Wildman–Crippen MR) is 70.0 cm³/mol. The van der Waals surface area contributed by atoms with Crippen LogP contribution in [0.2, 0.25) is 0 Å². The zero-order valence-corrected chi connectivity index (χ0v) is 11.4. The minimum Gasteiger partial charge on any atom is -0.456 e. The summed E-state index contributed by atoms with van der Waals surface area (Å²) in [6.45, 7) is -0.326. The number of aromatic nitrogens is 2. The highest BCUT2D eigenvalue weighted by atomic mass is 19.4. The number of rotatable bonds is 3. The van der Waals surface area contributed by atoms with Gasteiger partial charge in [0.05, 0.1) is 5.56 Å². The number of carbonyl (C=O) groups excluding carboxylic acids is 1. The van der Waals surface area contributed by atoms with Crippen molar-refractivity contribution in [3.05, 3.63) is 63.6 Å². The molecule has 0 fully saturated rings. The summed E-state index contributed by atoms with van der Waals surface area (Å²) in [4.78, 5) is 22.9. The molecule has 1 heterocycles. The smallest absolute Gasteiger partial charge is 0.416 e. The second-order valence-corrected chi connectivity index (χ2v) is 4.45. The second kappa shape index (κ2) is 6.00. The average molecular weight is 312 g/mol. The summed E-state index contributed by atoms with van der Waals surface area (Å²) in [7, 11) is 1.37. The van der Waals surface area contributed by atoms with Gasteiger partial charge in [0, 0.05) is 13.1 Å². The van der Waals surface area contributed by atoms with Crippen LogP contribution in [0.5, 0.6) is 0 Å². The number of carbonyl (C=O) groups is 1. The zero-order valence-electron chi connectivity index (χ0n) is 11.4. The maximum absolute atomic E-state index is 12.6. The van der Waals surface area contributed by atoms with Crippen molar-refractivity contribution in [3.8, 4) is 0 Å². The summed E-state index contributed by atoms with van der Waals surface area (Å²) < 4.78 is 43.5. The van der Waals surface area contributed by atoms with Crippen LogP contribution in [-0.2, 0) is 24.6 Å². The molecule has 2 rings (SSSR count). The average Bonchev–Trinajstić information content (AvgIpc) is 2.47. The van der Waals surface area contributed by atoms with E-state index in [0.717, 1.165) is 22.9 Å². The number of alkyl halides is 3. The van der Waals surface area contributed by atoms with Gasteiger partial charge in [0.2, 0.25) is 0 Å². The van der Waals surface area contributed by atoms with E-state index < -0.39 is 23.3 Å². The Hall–Kier alpha value is -2.64. The maximum Gasteiger partial charge on any atom is 0.416 e. The zero-order chi connectivity index (χ0) is 16.3. The van der Waals surface area contributed by atoms with E-state index in [0.29, 0.717) is 0 Å². The third-order valence-electron chi connectivity index (χ3n) is 2.79. The minimum atomic E-state index is -4.46. The standard InChI is InChI=1S/C14H11F3N2O3/c1-19-12(20)6-5-11(18-19)13(21)22-8-9-3-2-4-10(7-9)14(15,16)17/h2-7H,8H2,1H3. The van der Waals surface area contributed by atoms with Crippen LogP contribution in [0.3, 0.4) is 0 Å². The first kappa shape index (κ1) is 15.7. The first-order valence-electron chi connectivity index (χ1n) is 6.15. The van der Waals surface area contributed by atoms with Crippen molar-refractivity contribution in [3.63, 3.8) is 0 Å². The molecule has 1 aromatic heterocycles. The summed E-state index contributed by atoms with van der Waals surface area (Å²) >= 11 is 0. The van der Waals surface area contributed by atoms with Gasteiger partial charge in [-0.25, -0.2) is 9.48 Å². The summed E-state index contributed by atoms with van der Waals surface area (Å²) in [5, 5.41) is 3.69. The van der Waals surface area contributed by atoms with Crippen molar-refractivity contribution in [1.82, 2.24) is 9.78 Å². The SMILES string of the molecule is Cn1nc(C(=O)OCc2cccc(C(F)(F)F)c2)ccc1=O.